The van der Waals surface area contributed by atoms with E-state index in [0.29, 0.717) is 28.3 Å². The Morgan fingerprint density at radius 1 is 1.11 bits per heavy atom. The van der Waals surface area contributed by atoms with Gasteiger partial charge in [0.05, 0.1) is 17.1 Å². The number of nitrogens with zero attached hydrogens (tertiary/aromatic N) is 3. The molecule has 1 aromatic heterocycles. The van der Waals surface area contributed by atoms with E-state index in [1.807, 2.05) is 38.0 Å². The van der Waals surface area contributed by atoms with Gasteiger partial charge in [0.25, 0.3) is 0 Å². The number of hydrogen-bond acceptors (Lipinski definition) is 6. The fourth-order valence-corrected chi connectivity index (χ4v) is 7.07. The topological polar surface area (TPSA) is 82.3 Å². The molecular weight excluding hydrogens is 490 g/mol. The van der Waals surface area contributed by atoms with E-state index >= 15 is 0 Å². The molecule has 0 spiro atoms. The molecule has 0 atom stereocenters. The quantitative estimate of drug-likeness (QED) is 0.444. The van der Waals surface area contributed by atoms with E-state index in [4.69, 9.17) is 0 Å². The van der Waals surface area contributed by atoms with E-state index < -0.39 is 5.97 Å². The lowest BCUT2D eigenvalue weighted by Gasteiger charge is -2.39. The molecule has 2 aliphatic carbocycles. The van der Waals surface area contributed by atoms with Crippen LogP contribution in [0, 0.1) is 29.1 Å². The van der Waals surface area contributed by atoms with Crippen LogP contribution in [0.15, 0.2) is 16.1 Å². The molecule has 0 saturated heterocycles. The van der Waals surface area contributed by atoms with Crippen molar-refractivity contribution in [2.75, 3.05) is 11.4 Å². The molecule has 0 unspecified atom stereocenters. The molecule has 2 heterocycles. The second-order valence-corrected chi connectivity index (χ2v) is 13.6. The summed E-state index contributed by atoms with van der Waals surface area (Å²) in [7, 11) is 0. The maximum atomic E-state index is 14.0. The third kappa shape index (κ3) is 6.80. The molecule has 4 rings (SSSR count). The third-order valence-corrected chi connectivity index (χ3v) is 9.40. The van der Waals surface area contributed by atoms with Gasteiger partial charge in [-0.15, -0.1) is 11.3 Å². The maximum Gasteiger partial charge on any atom is 0.348 e. The van der Waals surface area contributed by atoms with Crippen molar-refractivity contribution in [2.24, 2.45) is 27.2 Å². The summed E-state index contributed by atoms with van der Waals surface area (Å²) in [5, 5.41) is 11.4. The number of anilines is 1. The number of amidine groups is 1. The van der Waals surface area contributed by atoms with E-state index in [2.05, 4.69) is 28.7 Å². The number of carbonyl (C=O) groups excluding carboxylic acids is 1. The van der Waals surface area contributed by atoms with Gasteiger partial charge < -0.3 is 10.0 Å². The summed E-state index contributed by atoms with van der Waals surface area (Å²) in [5.41, 5.74) is 0.348. The number of carboxylic acids is 1. The number of amides is 1. The second-order valence-electron chi connectivity index (χ2n) is 11.3. The average molecular weight is 528 g/mol. The number of thioether (sulfide) groups is 1. The van der Waals surface area contributed by atoms with E-state index in [1.54, 1.807) is 11.8 Å². The van der Waals surface area contributed by atoms with Crippen molar-refractivity contribution in [1.82, 2.24) is 0 Å². The summed E-state index contributed by atoms with van der Waals surface area (Å²) < 4.78 is 0. The maximum absolute atomic E-state index is 14.0. The van der Waals surface area contributed by atoms with Gasteiger partial charge in [-0.25, -0.2) is 9.79 Å². The molecule has 0 bridgehead atoms. The predicted molar refractivity (Wildman–Crippen MR) is 151 cm³/mol. The van der Waals surface area contributed by atoms with Crippen molar-refractivity contribution in [2.45, 2.75) is 90.4 Å². The molecule has 0 radical (unpaired) electrons. The Kier molecular flexibility index (Phi) is 8.62. The highest BCUT2D eigenvalue weighted by atomic mass is 32.2. The summed E-state index contributed by atoms with van der Waals surface area (Å²) in [6, 6.07) is 1.85. The van der Waals surface area contributed by atoms with E-state index in [0.717, 1.165) is 56.5 Å². The lowest BCUT2D eigenvalue weighted by molar-refractivity contribution is -0.124. The van der Waals surface area contributed by atoms with Crippen LogP contribution in [-0.2, 0) is 4.79 Å². The van der Waals surface area contributed by atoms with Crippen LogP contribution in [0.1, 0.15) is 93.6 Å². The first-order valence-corrected chi connectivity index (χ1v) is 14.8. The molecule has 1 aliphatic heterocycles. The van der Waals surface area contributed by atoms with Gasteiger partial charge in [-0.2, -0.15) is 0 Å². The number of hydrogen-bond donors (Lipinski definition) is 1. The van der Waals surface area contributed by atoms with Crippen molar-refractivity contribution < 1.29 is 14.7 Å². The van der Waals surface area contributed by atoms with Gasteiger partial charge in [-0.3, -0.25) is 9.79 Å². The van der Waals surface area contributed by atoms with Crippen molar-refractivity contribution in [1.29, 1.82) is 0 Å². The first-order chi connectivity index (χ1) is 17.1. The van der Waals surface area contributed by atoms with Crippen LogP contribution in [0.5, 0.6) is 0 Å². The summed E-state index contributed by atoms with van der Waals surface area (Å²) in [5.74, 6) is 6.09. The number of aliphatic imine (C=N–C) groups is 2. The van der Waals surface area contributed by atoms with E-state index in [1.165, 1.54) is 11.3 Å². The summed E-state index contributed by atoms with van der Waals surface area (Å²) in [6.07, 6.45) is 9.30. The highest BCUT2D eigenvalue weighted by Crippen LogP contribution is 2.40. The highest BCUT2D eigenvalue weighted by molar-refractivity contribution is 8.14. The van der Waals surface area contributed by atoms with Crippen LogP contribution >= 0.6 is 23.1 Å². The fraction of sp³-hybridized carbons (Fsp3) is 0.643. The molecule has 3 aliphatic rings. The van der Waals surface area contributed by atoms with Gasteiger partial charge in [0.2, 0.25) is 5.91 Å². The number of carboxylic acid groups (broad SMARTS) is 1. The molecule has 36 heavy (non-hydrogen) atoms. The number of aromatic carboxylic acids is 1. The molecule has 0 aromatic carbocycles. The Bertz CT molecular complexity index is 1090. The largest absolute Gasteiger partial charge is 0.477 e. The molecule has 1 N–H and O–H groups in total. The summed E-state index contributed by atoms with van der Waals surface area (Å²) in [4.78, 5) is 37.9. The normalized spacial score (nSPS) is 26.2. The summed E-state index contributed by atoms with van der Waals surface area (Å²) >= 11 is 2.92. The van der Waals surface area contributed by atoms with Crippen LogP contribution in [0.4, 0.5) is 5.69 Å². The van der Waals surface area contributed by atoms with Crippen LogP contribution < -0.4 is 4.90 Å². The molecule has 194 valence electrons. The van der Waals surface area contributed by atoms with Crippen LogP contribution in [0.2, 0.25) is 0 Å². The standard InChI is InChI=1S/C28H37N3O3S2/c1-18-5-7-19(8-6-18)25(32)31(20-9-11-21(12-10-20)36-27-29-15-16-30-27)23-17-22(13-14-28(2,3)4)35-24(23)26(33)34/h15,17-21H,5-12,16H2,1-4H3,(H,33,34). The van der Waals surface area contributed by atoms with Crippen LogP contribution in [0.3, 0.4) is 0 Å². The van der Waals surface area contributed by atoms with Crippen molar-refractivity contribution >= 4 is 52.0 Å². The van der Waals surface area contributed by atoms with Crippen molar-refractivity contribution in [3.8, 4) is 11.8 Å². The molecule has 2 saturated carbocycles. The summed E-state index contributed by atoms with van der Waals surface area (Å²) in [6.45, 7) is 9.01. The smallest absolute Gasteiger partial charge is 0.348 e. The van der Waals surface area contributed by atoms with Crippen LogP contribution in [-0.4, -0.2) is 46.2 Å². The van der Waals surface area contributed by atoms with E-state index in [-0.39, 0.29) is 28.2 Å². The molecular formula is C28H37N3O3S2. The van der Waals surface area contributed by atoms with Gasteiger partial charge in [-0.05, 0) is 84.1 Å². The van der Waals surface area contributed by atoms with E-state index in [9.17, 15) is 14.7 Å². The Balaban J connectivity index is 1.61. The Labute approximate surface area is 223 Å². The number of carbonyl (C=O) groups is 2. The van der Waals surface area contributed by atoms with Crippen molar-refractivity contribution in [3.05, 3.63) is 15.8 Å². The first-order valence-electron chi connectivity index (χ1n) is 13.1. The third-order valence-electron chi connectivity index (χ3n) is 7.12. The van der Waals surface area contributed by atoms with Crippen LogP contribution in [0.25, 0.3) is 0 Å². The van der Waals surface area contributed by atoms with Gasteiger partial charge in [0.15, 0.2) is 5.17 Å². The van der Waals surface area contributed by atoms with Gasteiger partial charge in [0, 0.05) is 28.8 Å². The fourth-order valence-electron chi connectivity index (χ4n) is 5.14. The lowest BCUT2D eigenvalue weighted by atomic mass is 9.81. The predicted octanol–water partition coefficient (Wildman–Crippen LogP) is 6.49. The monoisotopic (exact) mass is 527 g/mol. The van der Waals surface area contributed by atoms with Gasteiger partial charge in [-0.1, -0.05) is 30.5 Å². The minimum Gasteiger partial charge on any atom is -0.477 e. The minimum absolute atomic E-state index is 0.00107. The molecule has 8 heteroatoms. The zero-order chi connectivity index (χ0) is 25.9. The minimum atomic E-state index is -0.991. The number of rotatable bonds is 5. The molecule has 1 aromatic rings. The molecule has 6 nitrogen and oxygen atoms in total. The first kappa shape index (κ1) is 26.9. The Morgan fingerprint density at radius 3 is 2.39 bits per heavy atom. The molecule has 1 amide bonds. The zero-order valence-corrected chi connectivity index (χ0v) is 23.4. The van der Waals surface area contributed by atoms with Gasteiger partial charge in [0.1, 0.15) is 4.88 Å². The van der Waals surface area contributed by atoms with Gasteiger partial charge >= 0.3 is 5.97 Å². The second kappa shape index (κ2) is 11.5. The zero-order valence-electron chi connectivity index (χ0n) is 21.7. The SMILES string of the molecule is CC1CCC(C(=O)N(c2cc(C#CC(C)(C)C)sc2C(=O)O)C2CCC(SC3=NCC=N3)CC2)CC1. The lowest BCUT2D eigenvalue weighted by Crippen LogP contribution is -2.46. The Hall–Kier alpha value is -2.11. The number of thiophene rings is 1. The Morgan fingerprint density at radius 2 is 1.81 bits per heavy atom. The van der Waals surface area contributed by atoms with Crippen molar-refractivity contribution in [3.63, 3.8) is 0 Å². The average Bonchev–Trinajstić information content (AvgIpc) is 3.49. The molecule has 2 fully saturated rings. The highest BCUT2D eigenvalue weighted by Gasteiger charge is 2.37.